The quantitative estimate of drug-likeness (QED) is 0.731. The van der Waals surface area contributed by atoms with Gasteiger partial charge in [0.15, 0.2) is 0 Å². The minimum Gasteiger partial charge on any atom is -0.387 e. The molecule has 0 aliphatic carbocycles. The summed E-state index contributed by atoms with van der Waals surface area (Å²) in [5, 5.41) is 9.65. The number of hydrogen-bond donors (Lipinski definition) is 1. The van der Waals surface area contributed by atoms with E-state index in [4.69, 9.17) is 0 Å². The van der Waals surface area contributed by atoms with Crippen LogP contribution in [0.5, 0.6) is 0 Å². The van der Waals surface area contributed by atoms with Crippen molar-refractivity contribution in [3.8, 4) is 0 Å². The van der Waals surface area contributed by atoms with Gasteiger partial charge in [-0.3, -0.25) is 0 Å². The lowest BCUT2D eigenvalue weighted by Gasteiger charge is -2.08. The van der Waals surface area contributed by atoms with E-state index in [0.29, 0.717) is 0 Å². The van der Waals surface area contributed by atoms with Crippen LogP contribution in [0, 0.1) is 0 Å². The largest absolute Gasteiger partial charge is 0.387 e. The zero-order valence-electron chi connectivity index (χ0n) is 7.68. The molecule has 1 aromatic rings. The van der Waals surface area contributed by atoms with E-state index in [2.05, 4.69) is 16.9 Å². The minimum atomic E-state index is -0.433. The third-order valence-corrected chi connectivity index (χ3v) is 2.84. The highest BCUT2D eigenvalue weighted by atomic mass is 32.2. The van der Waals surface area contributed by atoms with E-state index in [-0.39, 0.29) is 0 Å². The summed E-state index contributed by atoms with van der Waals surface area (Å²) in [4.78, 5) is 7.71. The Morgan fingerprint density at radius 3 is 2.77 bits per heavy atom. The van der Waals surface area contributed by atoms with Crippen molar-refractivity contribution < 1.29 is 5.11 Å². The van der Waals surface area contributed by atoms with Gasteiger partial charge in [0.05, 0.1) is 6.10 Å². The maximum atomic E-state index is 9.65. The van der Waals surface area contributed by atoms with Crippen LogP contribution in [0.4, 0.5) is 0 Å². The van der Waals surface area contributed by atoms with Gasteiger partial charge < -0.3 is 5.11 Å². The highest BCUT2D eigenvalue weighted by Gasteiger charge is 2.06. The van der Waals surface area contributed by atoms with Crippen molar-refractivity contribution in [3.05, 3.63) is 24.3 Å². The van der Waals surface area contributed by atoms with Crippen LogP contribution in [-0.4, -0.2) is 26.6 Å². The SMILES string of the molecule is CCCSCC(O)c1cncnc1. The molecule has 0 aliphatic rings. The number of thioether (sulfide) groups is 1. The number of hydrogen-bond acceptors (Lipinski definition) is 4. The second kappa shape index (κ2) is 5.94. The van der Waals surface area contributed by atoms with Gasteiger partial charge in [-0.1, -0.05) is 6.92 Å². The third-order valence-electron chi connectivity index (χ3n) is 1.59. The van der Waals surface area contributed by atoms with E-state index >= 15 is 0 Å². The molecule has 0 fully saturated rings. The number of nitrogens with zero attached hydrogens (tertiary/aromatic N) is 2. The first kappa shape index (κ1) is 10.5. The molecule has 1 aromatic heterocycles. The summed E-state index contributed by atoms with van der Waals surface area (Å²) in [6, 6.07) is 0. The summed E-state index contributed by atoms with van der Waals surface area (Å²) in [5.41, 5.74) is 0.797. The fourth-order valence-corrected chi connectivity index (χ4v) is 1.79. The first-order valence-corrected chi connectivity index (χ1v) is 5.50. The van der Waals surface area contributed by atoms with Crippen LogP contribution in [0.2, 0.25) is 0 Å². The first-order chi connectivity index (χ1) is 6.34. The van der Waals surface area contributed by atoms with Crippen LogP contribution in [0.15, 0.2) is 18.7 Å². The Labute approximate surface area is 82.6 Å². The van der Waals surface area contributed by atoms with E-state index < -0.39 is 6.10 Å². The van der Waals surface area contributed by atoms with Crippen molar-refractivity contribution in [3.63, 3.8) is 0 Å². The Balaban J connectivity index is 2.35. The maximum Gasteiger partial charge on any atom is 0.115 e. The van der Waals surface area contributed by atoms with Crippen LogP contribution in [-0.2, 0) is 0 Å². The van der Waals surface area contributed by atoms with Crippen LogP contribution in [0.3, 0.4) is 0 Å². The van der Waals surface area contributed by atoms with E-state index in [9.17, 15) is 5.11 Å². The Bertz CT molecular complexity index is 230. The van der Waals surface area contributed by atoms with Crippen molar-refractivity contribution >= 4 is 11.8 Å². The van der Waals surface area contributed by atoms with Crippen LogP contribution < -0.4 is 0 Å². The first-order valence-electron chi connectivity index (χ1n) is 4.35. The van der Waals surface area contributed by atoms with Gasteiger partial charge in [0.1, 0.15) is 6.33 Å². The summed E-state index contributed by atoms with van der Waals surface area (Å²) < 4.78 is 0. The Morgan fingerprint density at radius 2 is 2.15 bits per heavy atom. The molecule has 0 radical (unpaired) electrons. The van der Waals surface area contributed by atoms with Gasteiger partial charge in [0.25, 0.3) is 0 Å². The zero-order valence-corrected chi connectivity index (χ0v) is 8.50. The fourth-order valence-electron chi connectivity index (χ4n) is 0.918. The number of aliphatic hydroxyl groups excluding tert-OH is 1. The maximum absolute atomic E-state index is 9.65. The fraction of sp³-hybridized carbons (Fsp3) is 0.556. The molecule has 0 aliphatic heterocycles. The average Bonchev–Trinajstić information content (AvgIpc) is 2.19. The van der Waals surface area contributed by atoms with Gasteiger partial charge in [0.2, 0.25) is 0 Å². The Hall–Kier alpha value is -0.610. The van der Waals surface area contributed by atoms with Gasteiger partial charge in [-0.25, -0.2) is 9.97 Å². The summed E-state index contributed by atoms with van der Waals surface area (Å²) in [6.45, 7) is 2.13. The Kier molecular flexibility index (Phi) is 4.78. The predicted octanol–water partition coefficient (Wildman–Crippen LogP) is 1.65. The van der Waals surface area contributed by atoms with Crippen LogP contribution in [0.25, 0.3) is 0 Å². The van der Waals surface area contributed by atoms with Crippen molar-refractivity contribution in [2.24, 2.45) is 0 Å². The topological polar surface area (TPSA) is 46.0 Å². The highest BCUT2D eigenvalue weighted by molar-refractivity contribution is 7.99. The Morgan fingerprint density at radius 1 is 1.46 bits per heavy atom. The van der Waals surface area contributed by atoms with E-state index in [0.717, 1.165) is 23.5 Å². The molecule has 0 saturated carbocycles. The molecule has 0 amide bonds. The van der Waals surface area contributed by atoms with Crippen molar-refractivity contribution in [1.82, 2.24) is 9.97 Å². The normalized spacial score (nSPS) is 12.8. The molecule has 3 nitrogen and oxygen atoms in total. The molecular formula is C9H14N2OS. The minimum absolute atomic E-state index is 0.433. The smallest absolute Gasteiger partial charge is 0.115 e. The van der Waals surface area contributed by atoms with Gasteiger partial charge in [0, 0.05) is 23.7 Å². The lowest BCUT2D eigenvalue weighted by atomic mass is 10.2. The number of aromatic nitrogens is 2. The molecule has 1 heterocycles. The number of rotatable bonds is 5. The highest BCUT2D eigenvalue weighted by Crippen LogP contribution is 2.16. The average molecular weight is 198 g/mol. The predicted molar refractivity (Wildman–Crippen MR) is 54.6 cm³/mol. The van der Waals surface area contributed by atoms with Gasteiger partial charge in [-0.05, 0) is 12.2 Å². The van der Waals surface area contributed by atoms with Gasteiger partial charge >= 0.3 is 0 Å². The standard InChI is InChI=1S/C9H14N2OS/c1-2-3-13-6-9(12)8-4-10-7-11-5-8/h4-5,7,9,12H,2-3,6H2,1H3. The van der Waals surface area contributed by atoms with Crippen LogP contribution >= 0.6 is 11.8 Å². The third kappa shape index (κ3) is 3.74. The molecule has 0 aromatic carbocycles. The second-order valence-corrected chi connectivity index (χ2v) is 3.91. The molecule has 72 valence electrons. The second-order valence-electron chi connectivity index (χ2n) is 2.76. The molecule has 1 unspecified atom stereocenters. The molecule has 0 spiro atoms. The molecular weight excluding hydrogens is 184 g/mol. The molecule has 0 bridgehead atoms. The molecule has 4 heteroatoms. The molecule has 1 N–H and O–H groups in total. The number of aliphatic hydroxyl groups is 1. The van der Waals surface area contributed by atoms with Crippen molar-refractivity contribution in [2.45, 2.75) is 19.4 Å². The van der Waals surface area contributed by atoms with Gasteiger partial charge in [-0.2, -0.15) is 11.8 Å². The van der Waals surface area contributed by atoms with Crippen molar-refractivity contribution in [1.29, 1.82) is 0 Å². The van der Waals surface area contributed by atoms with E-state index in [1.54, 1.807) is 24.2 Å². The summed E-state index contributed by atoms with van der Waals surface area (Å²) in [6.07, 6.45) is 5.49. The van der Waals surface area contributed by atoms with E-state index in [1.807, 2.05) is 0 Å². The lowest BCUT2D eigenvalue weighted by molar-refractivity contribution is 0.203. The summed E-state index contributed by atoms with van der Waals surface area (Å²) in [5.74, 6) is 1.81. The summed E-state index contributed by atoms with van der Waals surface area (Å²) in [7, 11) is 0. The molecule has 13 heavy (non-hydrogen) atoms. The summed E-state index contributed by atoms with van der Waals surface area (Å²) >= 11 is 1.75. The monoisotopic (exact) mass is 198 g/mol. The lowest BCUT2D eigenvalue weighted by Crippen LogP contribution is -2.02. The van der Waals surface area contributed by atoms with Gasteiger partial charge in [-0.15, -0.1) is 0 Å². The molecule has 1 atom stereocenters. The zero-order chi connectivity index (χ0) is 9.52. The molecule has 1 rings (SSSR count). The van der Waals surface area contributed by atoms with Crippen molar-refractivity contribution in [2.75, 3.05) is 11.5 Å². The van der Waals surface area contributed by atoms with E-state index in [1.165, 1.54) is 6.33 Å². The van der Waals surface area contributed by atoms with Crippen LogP contribution in [0.1, 0.15) is 25.0 Å². The molecule has 0 saturated heterocycles.